The molecule has 1 aliphatic rings. The molecule has 2 aromatic carbocycles. The van der Waals surface area contributed by atoms with Crippen molar-refractivity contribution in [1.29, 1.82) is 0 Å². The van der Waals surface area contributed by atoms with Crippen LogP contribution < -0.4 is 4.74 Å². The first-order valence-electron chi connectivity index (χ1n) is 6.52. The predicted molar refractivity (Wildman–Crippen MR) is 83.0 cm³/mol. The van der Waals surface area contributed by atoms with Crippen molar-refractivity contribution in [2.75, 3.05) is 0 Å². The molecule has 0 bridgehead atoms. The van der Waals surface area contributed by atoms with E-state index in [-0.39, 0.29) is 17.7 Å². The summed E-state index contributed by atoms with van der Waals surface area (Å²) in [6.45, 7) is 1.40. The van der Waals surface area contributed by atoms with Crippen LogP contribution in [0, 0.1) is 15.3 Å². The van der Waals surface area contributed by atoms with E-state index in [2.05, 4.69) is 27.3 Å². The van der Waals surface area contributed by atoms with Gasteiger partial charge >= 0.3 is 6.11 Å². The topological polar surface area (TPSA) is 9.23 Å². The summed E-state index contributed by atoms with van der Waals surface area (Å²) in [5.41, 5.74) is 1.40. The quantitative estimate of drug-likeness (QED) is 0.590. The van der Waals surface area contributed by atoms with E-state index in [1.54, 1.807) is 24.3 Å². The van der Waals surface area contributed by atoms with E-state index in [9.17, 15) is 13.2 Å². The van der Waals surface area contributed by atoms with Gasteiger partial charge in [-0.25, -0.2) is 4.39 Å². The fourth-order valence-corrected chi connectivity index (χ4v) is 2.76. The first kappa shape index (κ1) is 14.7. The molecule has 21 heavy (non-hydrogen) atoms. The van der Waals surface area contributed by atoms with E-state index in [4.69, 9.17) is 0 Å². The van der Waals surface area contributed by atoms with E-state index in [1.807, 2.05) is 12.1 Å². The maximum Gasteiger partial charge on any atom is 0.400 e. The first-order chi connectivity index (χ1) is 9.88. The van der Waals surface area contributed by atoms with Crippen molar-refractivity contribution in [1.82, 2.24) is 0 Å². The van der Waals surface area contributed by atoms with E-state index in [1.165, 1.54) is 6.92 Å². The lowest BCUT2D eigenvalue weighted by atomic mass is 9.93. The van der Waals surface area contributed by atoms with Crippen LogP contribution in [0.25, 0.3) is 11.1 Å². The summed E-state index contributed by atoms with van der Waals surface area (Å²) in [5.74, 6) is -2.01. The Bertz CT molecular complexity index is 683. The van der Waals surface area contributed by atoms with Crippen LogP contribution in [0.2, 0.25) is 0 Å². The minimum absolute atomic E-state index is 0.103. The number of hydrogen-bond donors (Lipinski definition) is 0. The third-order valence-corrected chi connectivity index (χ3v) is 4.39. The van der Waals surface area contributed by atoms with E-state index in [0.717, 1.165) is 3.57 Å². The Morgan fingerprint density at radius 1 is 1.14 bits per heavy atom. The second-order valence-electron chi connectivity index (χ2n) is 5.19. The van der Waals surface area contributed by atoms with Crippen LogP contribution >= 0.6 is 22.6 Å². The SMILES string of the molecule is CC1Cc2ccc(-c3ccc(I)cc3)c(F)c2OC1(F)F. The number of benzene rings is 2. The molecule has 0 fully saturated rings. The molecule has 2 aromatic rings. The predicted octanol–water partition coefficient (Wildman–Crippen LogP) is 5.26. The summed E-state index contributed by atoms with van der Waals surface area (Å²) in [6, 6.07) is 10.5. The maximum absolute atomic E-state index is 14.6. The van der Waals surface area contributed by atoms with Crippen LogP contribution in [0.5, 0.6) is 5.75 Å². The van der Waals surface area contributed by atoms with Gasteiger partial charge in [0.25, 0.3) is 0 Å². The molecule has 0 spiro atoms. The first-order valence-corrected chi connectivity index (χ1v) is 7.60. The summed E-state index contributed by atoms with van der Waals surface area (Å²) < 4.78 is 47.5. The number of halogens is 4. The highest BCUT2D eigenvalue weighted by atomic mass is 127. The van der Waals surface area contributed by atoms with Gasteiger partial charge in [-0.05, 0) is 52.3 Å². The van der Waals surface area contributed by atoms with Crippen molar-refractivity contribution in [2.45, 2.75) is 19.5 Å². The summed E-state index contributed by atoms with van der Waals surface area (Å²) in [7, 11) is 0. The molecule has 0 N–H and O–H groups in total. The molecule has 1 aliphatic heterocycles. The molecule has 0 amide bonds. The molecule has 5 heteroatoms. The van der Waals surface area contributed by atoms with Gasteiger partial charge in [-0.2, -0.15) is 8.78 Å². The second-order valence-corrected chi connectivity index (χ2v) is 6.44. The highest BCUT2D eigenvalue weighted by molar-refractivity contribution is 14.1. The molecular formula is C16H12F3IO. The average Bonchev–Trinajstić information content (AvgIpc) is 2.43. The minimum Gasteiger partial charge on any atom is -0.429 e. The number of rotatable bonds is 1. The fraction of sp³-hybridized carbons (Fsp3) is 0.250. The molecule has 1 nitrogen and oxygen atoms in total. The molecule has 1 heterocycles. The molecule has 110 valence electrons. The lowest BCUT2D eigenvalue weighted by Crippen LogP contribution is -2.38. The van der Waals surface area contributed by atoms with Crippen LogP contribution in [-0.2, 0) is 6.42 Å². The van der Waals surface area contributed by atoms with Crippen LogP contribution in [-0.4, -0.2) is 6.11 Å². The van der Waals surface area contributed by atoms with E-state index < -0.39 is 17.8 Å². The van der Waals surface area contributed by atoms with Crippen LogP contribution in [0.3, 0.4) is 0 Å². The van der Waals surface area contributed by atoms with Crippen molar-refractivity contribution in [3.05, 3.63) is 51.3 Å². The molecule has 0 aliphatic carbocycles. The van der Waals surface area contributed by atoms with Crippen molar-refractivity contribution >= 4 is 22.6 Å². The molecule has 0 aromatic heterocycles. The number of hydrogen-bond acceptors (Lipinski definition) is 1. The maximum atomic E-state index is 14.6. The Kier molecular flexibility index (Phi) is 3.63. The van der Waals surface area contributed by atoms with Crippen molar-refractivity contribution in [2.24, 2.45) is 5.92 Å². The van der Waals surface area contributed by atoms with Gasteiger partial charge in [0.15, 0.2) is 11.6 Å². The fourth-order valence-electron chi connectivity index (χ4n) is 2.40. The van der Waals surface area contributed by atoms with E-state index in [0.29, 0.717) is 11.1 Å². The number of fused-ring (bicyclic) bond motifs is 1. The minimum atomic E-state index is -3.33. The molecular weight excluding hydrogens is 392 g/mol. The lowest BCUT2D eigenvalue weighted by molar-refractivity contribution is -0.220. The third-order valence-electron chi connectivity index (χ3n) is 3.67. The van der Waals surface area contributed by atoms with Gasteiger partial charge in [-0.15, -0.1) is 0 Å². The zero-order chi connectivity index (χ0) is 15.2. The Morgan fingerprint density at radius 2 is 1.81 bits per heavy atom. The normalized spacial score (nSPS) is 19.8. The molecule has 1 atom stereocenters. The number of ether oxygens (including phenoxy) is 1. The summed E-state index contributed by atoms with van der Waals surface area (Å²) >= 11 is 2.15. The monoisotopic (exact) mass is 404 g/mol. The van der Waals surface area contributed by atoms with Gasteiger partial charge in [0.2, 0.25) is 0 Å². The Labute approximate surface area is 134 Å². The van der Waals surface area contributed by atoms with Crippen molar-refractivity contribution in [3.8, 4) is 16.9 Å². The van der Waals surface area contributed by atoms with Crippen molar-refractivity contribution < 1.29 is 17.9 Å². The Morgan fingerprint density at radius 3 is 2.48 bits per heavy atom. The van der Waals surface area contributed by atoms with Gasteiger partial charge < -0.3 is 4.74 Å². The second kappa shape index (κ2) is 5.19. The van der Waals surface area contributed by atoms with Gasteiger partial charge in [-0.1, -0.05) is 31.2 Å². The zero-order valence-corrected chi connectivity index (χ0v) is 13.3. The van der Waals surface area contributed by atoms with Gasteiger partial charge in [-0.3, -0.25) is 0 Å². The average molecular weight is 404 g/mol. The summed E-state index contributed by atoms with van der Waals surface area (Å²) in [6.07, 6.45) is -3.23. The highest BCUT2D eigenvalue weighted by Gasteiger charge is 2.44. The molecule has 0 radical (unpaired) electrons. The lowest BCUT2D eigenvalue weighted by Gasteiger charge is -2.31. The zero-order valence-electron chi connectivity index (χ0n) is 11.2. The van der Waals surface area contributed by atoms with Gasteiger partial charge in [0, 0.05) is 9.13 Å². The van der Waals surface area contributed by atoms with Crippen LogP contribution in [0.4, 0.5) is 13.2 Å². The van der Waals surface area contributed by atoms with E-state index >= 15 is 0 Å². The smallest absolute Gasteiger partial charge is 0.400 e. The summed E-state index contributed by atoms with van der Waals surface area (Å²) in [5, 5.41) is 0. The molecule has 3 rings (SSSR count). The Hall–Kier alpha value is -1.24. The molecule has 0 saturated heterocycles. The number of alkyl halides is 2. The molecule has 1 unspecified atom stereocenters. The largest absolute Gasteiger partial charge is 0.429 e. The van der Waals surface area contributed by atoms with Crippen molar-refractivity contribution in [3.63, 3.8) is 0 Å². The molecule has 0 saturated carbocycles. The Balaban J connectivity index is 2.09. The third kappa shape index (κ3) is 2.63. The summed E-state index contributed by atoms with van der Waals surface area (Å²) in [4.78, 5) is 0. The van der Waals surface area contributed by atoms with Crippen LogP contribution in [0.15, 0.2) is 36.4 Å². The van der Waals surface area contributed by atoms with Gasteiger partial charge in [0.05, 0.1) is 5.92 Å². The highest BCUT2D eigenvalue weighted by Crippen LogP contribution is 2.43. The van der Waals surface area contributed by atoms with Gasteiger partial charge in [0.1, 0.15) is 0 Å². The van der Waals surface area contributed by atoms with Crippen LogP contribution in [0.1, 0.15) is 12.5 Å². The standard InChI is InChI=1S/C16H12F3IO/c1-9-8-11-4-7-13(10-2-5-12(20)6-3-10)14(17)15(11)21-16(9,18)19/h2-7,9H,8H2,1H3.